The largest absolute Gasteiger partial charge is 0.465 e. The Morgan fingerprint density at radius 2 is 1.91 bits per heavy atom. The molecule has 0 radical (unpaired) electrons. The highest BCUT2D eigenvalue weighted by Gasteiger charge is 2.79. The molecule has 0 spiro atoms. The summed E-state index contributed by atoms with van der Waals surface area (Å²) in [5.74, 6) is -1.85. The van der Waals surface area contributed by atoms with E-state index in [1.807, 2.05) is 6.92 Å². The average molecular weight is 461 g/mol. The van der Waals surface area contributed by atoms with Crippen LogP contribution in [0, 0.1) is 28.6 Å². The molecule has 8 heteroatoms. The summed E-state index contributed by atoms with van der Waals surface area (Å²) in [5, 5.41) is 12.6. The second-order valence-electron chi connectivity index (χ2n) is 10.9. The second-order valence-corrected chi connectivity index (χ2v) is 10.9. The maximum Gasteiger partial charge on any atom is 0.303 e. The van der Waals surface area contributed by atoms with Crippen molar-refractivity contribution in [2.75, 3.05) is 6.61 Å². The van der Waals surface area contributed by atoms with Gasteiger partial charge in [0.1, 0.15) is 23.6 Å². The number of carbonyl (C=O) groups is 4. The molecule has 0 aromatic heterocycles. The molecular weight excluding hydrogens is 428 g/mol. The number of esters is 2. The van der Waals surface area contributed by atoms with Gasteiger partial charge in [0, 0.05) is 42.9 Å². The first-order chi connectivity index (χ1) is 15.5. The smallest absolute Gasteiger partial charge is 0.303 e. The number of hydrogen-bond donors (Lipinski definition) is 1. The van der Waals surface area contributed by atoms with Gasteiger partial charge in [0.25, 0.3) is 0 Å². The minimum absolute atomic E-state index is 0.0100. The molecule has 8 nitrogen and oxygen atoms in total. The van der Waals surface area contributed by atoms with Crippen LogP contribution in [0.25, 0.3) is 0 Å². The number of aliphatic hydroxyl groups is 1. The molecule has 4 fully saturated rings. The van der Waals surface area contributed by atoms with Crippen LogP contribution >= 0.6 is 0 Å². The van der Waals surface area contributed by atoms with Crippen LogP contribution in [0.1, 0.15) is 59.8 Å². The van der Waals surface area contributed by atoms with Crippen LogP contribution in [0.15, 0.2) is 11.6 Å². The van der Waals surface area contributed by atoms with Crippen molar-refractivity contribution in [3.8, 4) is 0 Å². The predicted molar refractivity (Wildman–Crippen MR) is 114 cm³/mol. The monoisotopic (exact) mass is 460 g/mol. The third kappa shape index (κ3) is 2.95. The van der Waals surface area contributed by atoms with Crippen LogP contribution in [0.3, 0.4) is 0 Å². The topological polar surface area (TPSA) is 120 Å². The number of hydrogen-bond acceptors (Lipinski definition) is 8. The zero-order chi connectivity index (χ0) is 23.9. The van der Waals surface area contributed by atoms with Gasteiger partial charge in [-0.05, 0) is 50.2 Å². The van der Waals surface area contributed by atoms with Gasteiger partial charge in [-0.1, -0.05) is 6.92 Å². The summed E-state index contributed by atoms with van der Waals surface area (Å²) in [6.45, 7) is 6.18. The van der Waals surface area contributed by atoms with Crippen molar-refractivity contribution >= 4 is 23.5 Å². The van der Waals surface area contributed by atoms with Crippen LogP contribution in [0.5, 0.6) is 0 Å². The van der Waals surface area contributed by atoms with Crippen molar-refractivity contribution in [2.24, 2.45) is 28.6 Å². The molecule has 180 valence electrons. The Kier molecular flexibility index (Phi) is 4.97. The predicted octanol–water partition coefficient (Wildman–Crippen LogP) is 1.91. The number of rotatable bonds is 4. The molecule has 1 heterocycles. The Hall–Kier alpha value is -2.06. The fourth-order valence-corrected chi connectivity index (χ4v) is 8.07. The molecule has 0 bridgehead atoms. The minimum atomic E-state index is -1.46. The Bertz CT molecular complexity index is 969. The standard InChI is InChI=1S/C25H32O8/c1-12(26)16-5-6-17-20-22-21(33-22)18-9-15(29)7-8-23(18,4)25(20,30)19(32-14(3)28)10-24(16,17)11-31-13(2)27/h9,16-17,19-22,30H,5-8,10-11H2,1-4H3. The van der Waals surface area contributed by atoms with Crippen molar-refractivity contribution < 1.29 is 38.5 Å². The fraction of sp³-hybridized carbons (Fsp3) is 0.760. The maximum absolute atomic E-state index is 12.8. The van der Waals surface area contributed by atoms with Gasteiger partial charge >= 0.3 is 11.9 Å². The normalized spacial score (nSPS) is 47.3. The van der Waals surface area contributed by atoms with E-state index in [4.69, 9.17) is 14.2 Å². The summed E-state index contributed by atoms with van der Waals surface area (Å²) in [6, 6.07) is 0. The third-order valence-corrected chi connectivity index (χ3v) is 9.43. The number of ether oxygens (including phenoxy) is 3. The lowest BCUT2D eigenvalue weighted by molar-refractivity contribution is -0.259. The zero-order valence-electron chi connectivity index (χ0n) is 19.6. The molecule has 1 saturated heterocycles. The third-order valence-electron chi connectivity index (χ3n) is 9.43. The van der Waals surface area contributed by atoms with E-state index in [1.54, 1.807) is 13.0 Å². The minimum Gasteiger partial charge on any atom is -0.465 e. The van der Waals surface area contributed by atoms with Gasteiger partial charge in [-0.2, -0.15) is 0 Å². The highest BCUT2D eigenvalue weighted by atomic mass is 16.6. The summed E-state index contributed by atoms with van der Waals surface area (Å²) in [6.07, 6.45) is 2.37. The highest BCUT2D eigenvalue weighted by Crippen LogP contribution is 2.72. The van der Waals surface area contributed by atoms with Crippen molar-refractivity contribution in [3.05, 3.63) is 11.6 Å². The van der Waals surface area contributed by atoms with E-state index in [0.29, 0.717) is 25.7 Å². The molecule has 1 N–H and O–H groups in total. The van der Waals surface area contributed by atoms with E-state index >= 15 is 0 Å². The average Bonchev–Trinajstić information content (AvgIpc) is 3.41. The summed E-state index contributed by atoms with van der Waals surface area (Å²) < 4.78 is 17.5. The van der Waals surface area contributed by atoms with Gasteiger partial charge in [0.2, 0.25) is 0 Å². The van der Waals surface area contributed by atoms with E-state index in [1.165, 1.54) is 13.8 Å². The first kappa shape index (κ1) is 22.7. The number of Topliss-reactive ketones (excluding diaryl/α,β-unsaturated/α-hetero) is 1. The maximum atomic E-state index is 12.8. The van der Waals surface area contributed by atoms with Crippen LogP contribution in [0.2, 0.25) is 0 Å². The lowest BCUT2D eigenvalue weighted by Crippen LogP contribution is -2.73. The van der Waals surface area contributed by atoms with Gasteiger partial charge in [-0.3, -0.25) is 19.2 Å². The van der Waals surface area contributed by atoms with E-state index < -0.39 is 40.4 Å². The summed E-state index contributed by atoms with van der Waals surface area (Å²) in [5.41, 5.74) is -2.22. The molecule has 0 amide bonds. The number of fused-ring (bicyclic) bond motifs is 8. The Morgan fingerprint density at radius 1 is 1.18 bits per heavy atom. The SMILES string of the molecule is CC(=O)OCC12CC(OC(C)=O)C3(O)C(C4OC4C4=CC(=O)CCC43C)C1CCC2C(C)=O. The number of epoxide rings is 1. The number of carbonyl (C=O) groups excluding carboxylic acids is 4. The molecule has 4 aliphatic carbocycles. The van der Waals surface area contributed by atoms with Crippen molar-refractivity contribution in [1.82, 2.24) is 0 Å². The van der Waals surface area contributed by atoms with Crippen LogP contribution in [0.4, 0.5) is 0 Å². The first-order valence-electron chi connectivity index (χ1n) is 11.9. The molecule has 33 heavy (non-hydrogen) atoms. The van der Waals surface area contributed by atoms with Gasteiger partial charge in [0.05, 0.1) is 12.7 Å². The molecule has 9 unspecified atom stereocenters. The van der Waals surface area contributed by atoms with E-state index in [9.17, 15) is 24.3 Å². The van der Waals surface area contributed by atoms with Gasteiger partial charge in [-0.25, -0.2) is 0 Å². The Labute approximate surface area is 193 Å². The fourth-order valence-electron chi connectivity index (χ4n) is 8.07. The molecule has 3 saturated carbocycles. The zero-order valence-corrected chi connectivity index (χ0v) is 19.6. The van der Waals surface area contributed by atoms with Gasteiger partial charge in [-0.15, -0.1) is 0 Å². The van der Waals surface area contributed by atoms with Crippen LogP contribution in [-0.4, -0.2) is 59.1 Å². The molecule has 0 aromatic rings. The molecule has 0 aromatic carbocycles. The molecule has 5 aliphatic rings. The summed E-state index contributed by atoms with van der Waals surface area (Å²) in [7, 11) is 0. The molecule has 9 atom stereocenters. The number of ketones is 2. The van der Waals surface area contributed by atoms with E-state index in [0.717, 1.165) is 5.57 Å². The first-order valence-corrected chi connectivity index (χ1v) is 11.9. The Balaban J connectivity index is 1.67. The van der Waals surface area contributed by atoms with Crippen molar-refractivity contribution in [3.63, 3.8) is 0 Å². The molecule has 5 rings (SSSR count). The van der Waals surface area contributed by atoms with Crippen LogP contribution in [-0.2, 0) is 33.4 Å². The summed E-state index contributed by atoms with van der Waals surface area (Å²) >= 11 is 0. The van der Waals surface area contributed by atoms with Crippen molar-refractivity contribution in [2.45, 2.75) is 83.7 Å². The van der Waals surface area contributed by atoms with Gasteiger partial charge < -0.3 is 19.3 Å². The molecular formula is C25H32O8. The molecule has 1 aliphatic heterocycles. The van der Waals surface area contributed by atoms with Crippen LogP contribution < -0.4 is 0 Å². The Morgan fingerprint density at radius 3 is 2.55 bits per heavy atom. The highest BCUT2D eigenvalue weighted by molar-refractivity contribution is 5.92. The van der Waals surface area contributed by atoms with E-state index in [2.05, 4.69) is 0 Å². The quantitative estimate of drug-likeness (QED) is 0.499. The lowest BCUT2D eigenvalue weighted by Gasteiger charge is -2.63. The lowest BCUT2D eigenvalue weighted by atomic mass is 9.43. The van der Waals surface area contributed by atoms with Gasteiger partial charge in [0.15, 0.2) is 5.78 Å². The second kappa shape index (κ2) is 7.22. The van der Waals surface area contributed by atoms with E-state index in [-0.39, 0.29) is 48.6 Å². The summed E-state index contributed by atoms with van der Waals surface area (Å²) in [4.78, 5) is 49.0. The van der Waals surface area contributed by atoms with Crippen molar-refractivity contribution in [1.29, 1.82) is 0 Å².